The van der Waals surface area contributed by atoms with Crippen LogP contribution in [0.15, 0.2) is 81.3 Å². The first-order chi connectivity index (χ1) is 14.4. The molecule has 0 aliphatic heterocycles. The molecule has 0 saturated heterocycles. The monoisotopic (exact) mass is 427 g/mol. The van der Waals surface area contributed by atoms with E-state index in [-0.39, 0.29) is 17.4 Å². The second kappa shape index (κ2) is 9.75. The zero-order valence-electron chi connectivity index (χ0n) is 16.2. The maximum atomic E-state index is 12.2. The number of carbonyl (C=O) groups excluding carboxylic acids is 1. The van der Waals surface area contributed by atoms with Gasteiger partial charge in [-0.1, -0.05) is 17.7 Å². The molecule has 0 radical (unpaired) electrons. The lowest BCUT2D eigenvalue weighted by Crippen LogP contribution is -2.28. The summed E-state index contributed by atoms with van der Waals surface area (Å²) in [6, 6.07) is 16.7. The minimum atomic E-state index is -3.72. The van der Waals surface area contributed by atoms with E-state index < -0.39 is 10.0 Å². The molecular weight excluding hydrogens is 406 g/mol. The number of sulfonamides is 1. The van der Waals surface area contributed by atoms with Crippen molar-refractivity contribution < 1.29 is 22.4 Å². The molecule has 30 heavy (non-hydrogen) atoms. The molecule has 1 aromatic heterocycles. The summed E-state index contributed by atoms with van der Waals surface area (Å²) in [5.41, 5.74) is 1.63. The van der Waals surface area contributed by atoms with Crippen LogP contribution in [0.3, 0.4) is 0 Å². The molecule has 2 N–H and O–H groups in total. The second-order valence-electron chi connectivity index (χ2n) is 6.38. The molecule has 0 aliphatic carbocycles. The lowest BCUT2D eigenvalue weighted by atomic mass is 10.2. The van der Waals surface area contributed by atoms with Gasteiger partial charge in [0.2, 0.25) is 0 Å². The van der Waals surface area contributed by atoms with Crippen LogP contribution in [-0.4, -0.2) is 27.1 Å². The van der Waals surface area contributed by atoms with Crippen LogP contribution in [-0.2, 0) is 21.4 Å². The zero-order chi connectivity index (χ0) is 21.4. The van der Waals surface area contributed by atoms with Crippen LogP contribution in [0, 0.1) is 6.92 Å². The van der Waals surface area contributed by atoms with Crippen LogP contribution in [0.2, 0.25) is 0 Å². The smallest absolute Gasteiger partial charge is 0.276 e. The fourth-order valence-electron chi connectivity index (χ4n) is 2.39. The number of ether oxygens (including phenoxy) is 1. The fraction of sp³-hybridized carbons (Fsp3) is 0.143. The summed E-state index contributed by atoms with van der Waals surface area (Å²) in [6.45, 7) is 2.04. The van der Waals surface area contributed by atoms with E-state index in [4.69, 9.17) is 9.15 Å². The molecule has 3 rings (SSSR count). The molecule has 0 bridgehead atoms. The number of rotatable bonds is 9. The number of nitrogens with zero attached hydrogens (tertiary/aromatic N) is 1. The molecule has 9 heteroatoms. The van der Waals surface area contributed by atoms with Crippen molar-refractivity contribution in [1.82, 2.24) is 10.1 Å². The summed E-state index contributed by atoms with van der Waals surface area (Å²) in [5, 5.41) is 6.47. The third-order valence-corrected chi connectivity index (χ3v) is 5.25. The van der Waals surface area contributed by atoms with Gasteiger partial charge in [0, 0.05) is 0 Å². The summed E-state index contributed by atoms with van der Waals surface area (Å²) in [4.78, 5) is 14.1. The van der Waals surface area contributed by atoms with E-state index in [1.807, 2.05) is 6.92 Å². The van der Waals surface area contributed by atoms with Crippen molar-refractivity contribution in [2.24, 2.45) is 5.10 Å². The molecule has 1 heterocycles. The lowest BCUT2D eigenvalue weighted by Gasteiger charge is -2.07. The van der Waals surface area contributed by atoms with E-state index in [9.17, 15) is 13.2 Å². The highest BCUT2D eigenvalue weighted by atomic mass is 32.2. The Morgan fingerprint density at radius 1 is 1.10 bits per heavy atom. The van der Waals surface area contributed by atoms with Crippen molar-refractivity contribution >= 4 is 22.1 Å². The highest BCUT2D eigenvalue weighted by molar-refractivity contribution is 7.89. The number of amides is 1. The SMILES string of the molecule is Cc1ccc(S(=O)(=O)NN=Cc2ccc(OCC(=O)NCc3ccco3)cc2)cc1. The van der Waals surface area contributed by atoms with Crippen molar-refractivity contribution in [3.63, 3.8) is 0 Å². The molecule has 0 unspecified atom stereocenters. The molecule has 2 aromatic carbocycles. The maximum Gasteiger partial charge on any atom is 0.276 e. The molecular formula is C21H21N3O5S. The van der Waals surface area contributed by atoms with Crippen LogP contribution < -0.4 is 14.9 Å². The second-order valence-corrected chi connectivity index (χ2v) is 8.04. The minimum absolute atomic E-state index is 0.134. The Morgan fingerprint density at radius 2 is 1.83 bits per heavy atom. The van der Waals surface area contributed by atoms with E-state index in [0.29, 0.717) is 23.6 Å². The highest BCUT2D eigenvalue weighted by Crippen LogP contribution is 2.12. The van der Waals surface area contributed by atoms with E-state index in [0.717, 1.165) is 5.56 Å². The zero-order valence-corrected chi connectivity index (χ0v) is 17.1. The van der Waals surface area contributed by atoms with Gasteiger partial charge in [-0.15, -0.1) is 0 Å². The van der Waals surface area contributed by atoms with Gasteiger partial charge in [-0.2, -0.15) is 13.5 Å². The van der Waals surface area contributed by atoms with Crippen LogP contribution in [0.4, 0.5) is 0 Å². The molecule has 0 saturated carbocycles. The van der Waals surface area contributed by atoms with Crippen molar-refractivity contribution in [3.8, 4) is 5.75 Å². The molecule has 0 atom stereocenters. The molecule has 156 valence electrons. The van der Waals surface area contributed by atoms with Crippen molar-refractivity contribution in [1.29, 1.82) is 0 Å². The lowest BCUT2D eigenvalue weighted by molar-refractivity contribution is -0.123. The van der Waals surface area contributed by atoms with Gasteiger partial charge < -0.3 is 14.5 Å². The van der Waals surface area contributed by atoms with Crippen LogP contribution in [0.25, 0.3) is 0 Å². The van der Waals surface area contributed by atoms with Crippen LogP contribution >= 0.6 is 0 Å². The Balaban J connectivity index is 1.46. The van der Waals surface area contributed by atoms with Gasteiger partial charge in [-0.25, -0.2) is 4.83 Å². The molecule has 8 nitrogen and oxygen atoms in total. The summed E-state index contributed by atoms with van der Waals surface area (Å²) in [6.07, 6.45) is 2.92. The summed E-state index contributed by atoms with van der Waals surface area (Å²) in [5.74, 6) is 0.882. The number of furan rings is 1. The predicted octanol–water partition coefficient (Wildman–Crippen LogP) is 2.60. The molecule has 1 amide bonds. The van der Waals surface area contributed by atoms with Crippen molar-refractivity contribution in [2.75, 3.05) is 6.61 Å². The number of hydrazone groups is 1. The third-order valence-electron chi connectivity index (χ3n) is 4.01. The van der Waals surface area contributed by atoms with E-state index in [1.165, 1.54) is 24.6 Å². The first kappa shape index (κ1) is 21.1. The Kier molecular flexibility index (Phi) is 6.87. The van der Waals surface area contributed by atoms with Gasteiger partial charge in [-0.05, 0) is 61.0 Å². The number of carbonyl (C=O) groups is 1. The predicted molar refractivity (Wildman–Crippen MR) is 112 cm³/mol. The first-order valence-electron chi connectivity index (χ1n) is 9.06. The standard InChI is InChI=1S/C21H21N3O5S/c1-16-4-10-20(11-5-16)30(26,27)24-23-13-17-6-8-18(9-7-17)29-15-21(25)22-14-19-3-2-12-28-19/h2-13,24H,14-15H2,1H3,(H,22,25). The van der Waals surface area contributed by atoms with Crippen molar-refractivity contribution in [3.05, 3.63) is 83.8 Å². The summed E-state index contributed by atoms with van der Waals surface area (Å²) >= 11 is 0. The maximum absolute atomic E-state index is 12.2. The number of benzene rings is 2. The highest BCUT2D eigenvalue weighted by Gasteiger charge is 2.11. The topological polar surface area (TPSA) is 110 Å². The van der Waals surface area contributed by atoms with Gasteiger partial charge in [0.15, 0.2) is 6.61 Å². The molecule has 0 fully saturated rings. The molecule has 3 aromatic rings. The Morgan fingerprint density at radius 3 is 2.50 bits per heavy atom. The van der Waals surface area contributed by atoms with E-state index in [1.54, 1.807) is 48.5 Å². The summed E-state index contributed by atoms with van der Waals surface area (Å²) in [7, 11) is -3.72. The van der Waals surface area contributed by atoms with Gasteiger partial charge in [0.25, 0.3) is 15.9 Å². The quantitative estimate of drug-likeness (QED) is 0.403. The average molecular weight is 427 g/mol. The largest absolute Gasteiger partial charge is 0.484 e. The summed E-state index contributed by atoms with van der Waals surface area (Å²) < 4.78 is 34.9. The fourth-order valence-corrected chi connectivity index (χ4v) is 3.18. The Hall–Kier alpha value is -3.59. The minimum Gasteiger partial charge on any atom is -0.484 e. The number of hydrogen-bond acceptors (Lipinski definition) is 6. The van der Waals surface area contributed by atoms with Crippen LogP contribution in [0.5, 0.6) is 5.75 Å². The molecule has 0 aliphatic rings. The van der Waals surface area contributed by atoms with Gasteiger partial charge in [-0.3, -0.25) is 4.79 Å². The van der Waals surface area contributed by atoms with Gasteiger partial charge in [0.05, 0.1) is 23.9 Å². The van der Waals surface area contributed by atoms with Crippen LogP contribution in [0.1, 0.15) is 16.9 Å². The van der Waals surface area contributed by atoms with Crippen molar-refractivity contribution in [2.45, 2.75) is 18.4 Å². The molecule has 0 spiro atoms. The van der Waals surface area contributed by atoms with Gasteiger partial charge >= 0.3 is 0 Å². The number of hydrogen-bond donors (Lipinski definition) is 2. The van der Waals surface area contributed by atoms with E-state index in [2.05, 4.69) is 15.2 Å². The number of nitrogens with one attached hydrogen (secondary N) is 2. The van der Waals surface area contributed by atoms with E-state index >= 15 is 0 Å². The normalized spacial score (nSPS) is 11.4. The first-order valence-corrected chi connectivity index (χ1v) is 10.5. The van der Waals surface area contributed by atoms with Gasteiger partial charge in [0.1, 0.15) is 11.5 Å². The number of aryl methyl sites for hydroxylation is 1. The average Bonchev–Trinajstić information content (AvgIpc) is 3.25. The Bertz CT molecular complexity index is 1090. The third kappa shape index (κ3) is 6.21. The Labute approximate surface area is 174 Å².